The van der Waals surface area contributed by atoms with Crippen molar-refractivity contribution in [1.82, 2.24) is 15.1 Å². The number of nitrogens with zero attached hydrogens (tertiary/aromatic N) is 2. The van der Waals surface area contributed by atoms with Gasteiger partial charge in [0.25, 0.3) is 0 Å². The van der Waals surface area contributed by atoms with Crippen molar-refractivity contribution in [3.63, 3.8) is 0 Å². The van der Waals surface area contributed by atoms with Crippen molar-refractivity contribution in [2.45, 2.75) is 45.7 Å². The topological polar surface area (TPSA) is 29.9 Å². The van der Waals surface area contributed by atoms with Gasteiger partial charge in [-0.15, -0.1) is 0 Å². The van der Waals surface area contributed by atoms with Crippen LogP contribution in [0.5, 0.6) is 0 Å². The molecule has 0 spiro atoms. The van der Waals surface area contributed by atoms with E-state index >= 15 is 0 Å². The molecular formula is C12H20BrN3. The van der Waals surface area contributed by atoms with E-state index in [2.05, 4.69) is 44.9 Å². The molecule has 0 aliphatic heterocycles. The Kier molecular flexibility index (Phi) is 4.03. The number of hydrogen-bond donors (Lipinski definition) is 1. The van der Waals surface area contributed by atoms with Gasteiger partial charge in [0, 0.05) is 6.54 Å². The van der Waals surface area contributed by atoms with Crippen LogP contribution in [0.25, 0.3) is 0 Å². The van der Waals surface area contributed by atoms with E-state index in [9.17, 15) is 0 Å². The summed E-state index contributed by atoms with van der Waals surface area (Å²) in [6, 6.07) is 0.453. The third-order valence-electron chi connectivity index (χ3n) is 3.18. The van der Waals surface area contributed by atoms with Crippen LogP contribution in [0.1, 0.15) is 44.8 Å². The van der Waals surface area contributed by atoms with Gasteiger partial charge in [-0.3, -0.25) is 4.68 Å². The van der Waals surface area contributed by atoms with E-state index in [1.54, 1.807) is 0 Å². The molecule has 0 radical (unpaired) electrons. The molecule has 4 heteroatoms. The second-order valence-corrected chi connectivity index (χ2v) is 5.34. The van der Waals surface area contributed by atoms with E-state index < -0.39 is 0 Å². The Morgan fingerprint density at radius 2 is 2.31 bits per heavy atom. The monoisotopic (exact) mass is 285 g/mol. The van der Waals surface area contributed by atoms with Crippen LogP contribution < -0.4 is 5.32 Å². The molecule has 3 nitrogen and oxygen atoms in total. The first-order valence-corrected chi connectivity index (χ1v) is 7.00. The highest BCUT2D eigenvalue weighted by atomic mass is 79.9. The van der Waals surface area contributed by atoms with Gasteiger partial charge < -0.3 is 5.32 Å². The minimum atomic E-state index is 0.453. The number of hydrogen-bond acceptors (Lipinski definition) is 2. The van der Waals surface area contributed by atoms with Gasteiger partial charge >= 0.3 is 0 Å². The summed E-state index contributed by atoms with van der Waals surface area (Å²) in [5, 5.41) is 7.98. The molecule has 1 heterocycles. The van der Waals surface area contributed by atoms with Crippen molar-refractivity contribution >= 4 is 15.9 Å². The van der Waals surface area contributed by atoms with Crippen molar-refractivity contribution in [2.24, 2.45) is 5.92 Å². The van der Waals surface area contributed by atoms with Gasteiger partial charge in [-0.1, -0.05) is 19.8 Å². The fourth-order valence-corrected chi connectivity index (χ4v) is 2.77. The predicted octanol–water partition coefficient (Wildman–Crippen LogP) is 3.12. The first-order valence-electron chi connectivity index (χ1n) is 6.20. The van der Waals surface area contributed by atoms with E-state index in [1.807, 2.05) is 6.20 Å². The summed E-state index contributed by atoms with van der Waals surface area (Å²) in [5.74, 6) is 0.927. The quantitative estimate of drug-likeness (QED) is 0.870. The zero-order valence-corrected chi connectivity index (χ0v) is 11.6. The van der Waals surface area contributed by atoms with Gasteiger partial charge in [-0.2, -0.15) is 5.10 Å². The number of halogens is 1. The van der Waals surface area contributed by atoms with E-state index in [0.717, 1.165) is 23.5 Å². The van der Waals surface area contributed by atoms with Crippen molar-refractivity contribution in [3.05, 3.63) is 16.4 Å². The fourth-order valence-electron chi connectivity index (χ4n) is 2.20. The second kappa shape index (κ2) is 5.32. The van der Waals surface area contributed by atoms with Crippen molar-refractivity contribution in [2.75, 3.05) is 6.54 Å². The van der Waals surface area contributed by atoms with Crippen molar-refractivity contribution in [3.8, 4) is 0 Å². The number of aromatic nitrogens is 2. The smallest absolute Gasteiger partial charge is 0.0695 e. The van der Waals surface area contributed by atoms with E-state index in [0.29, 0.717) is 6.04 Å². The molecule has 0 aromatic carbocycles. The average molecular weight is 286 g/mol. The zero-order chi connectivity index (χ0) is 11.5. The molecule has 16 heavy (non-hydrogen) atoms. The molecule has 1 unspecified atom stereocenters. The second-order valence-electron chi connectivity index (χ2n) is 4.48. The Hall–Kier alpha value is -0.350. The van der Waals surface area contributed by atoms with Crippen LogP contribution in [0.4, 0.5) is 0 Å². The minimum Gasteiger partial charge on any atom is -0.309 e. The summed E-state index contributed by atoms with van der Waals surface area (Å²) in [5.41, 5.74) is 1.32. The summed E-state index contributed by atoms with van der Waals surface area (Å²) >= 11 is 3.62. The Labute approximate surface area is 106 Å². The van der Waals surface area contributed by atoms with Gasteiger partial charge in [-0.25, -0.2) is 0 Å². The maximum atomic E-state index is 4.39. The summed E-state index contributed by atoms with van der Waals surface area (Å²) in [7, 11) is 0. The molecule has 0 saturated heterocycles. The number of aryl methyl sites for hydroxylation is 1. The Bertz CT molecular complexity index is 344. The van der Waals surface area contributed by atoms with Crippen molar-refractivity contribution < 1.29 is 0 Å². The lowest BCUT2D eigenvalue weighted by molar-refractivity contribution is 0.445. The third kappa shape index (κ3) is 2.66. The minimum absolute atomic E-state index is 0.453. The molecular weight excluding hydrogens is 266 g/mol. The average Bonchev–Trinajstić information content (AvgIpc) is 3.00. The van der Waals surface area contributed by atoms with Gasteiger partial charge in [0.05, 0.1) is 22.4 Å². The van der Waals surface area contributed by atoms with E-state index in [4.69, 9.17) is 0 Å². The number of nitrogens with one attached hydrogen (secondary N) is 1. The largest absolute Gasteiger partial charge is 0.309 e. The lowest BCUT2D eigenvalue weighted by Crippen LogP contribution is -2.24. The lowest BCUT2D eigenvalue weighted by Gasteiger charge is -2.19. The summed E-state index contributed by atoms with van der Waals surface area (Å²) < 4.78 is 3.24. The maximum absolute atomic E-state index is 4.39. The Morgan fingerprint density at radius 3 is 2.88 bits per heavy atom. The Balaban J connectivity index is 2.17. The van der Waals surface area contributed by atoms with E-state index in [1.165, 1.54) is 25.0 Å². The molecule has 90 valence electrons. The third-order valence-corrected chi connectivity index (χ3v) is 3.79. The molecule has 2 rings (SSSR count). The zero-order valence-electron chi connectivity index (χ0n) is 10.0. The highest BCUT2D eigenvalue weighted by Gasteiger charge is 2.28. The molecule has 1 aliphatic carbocycles. The van der Waals surface area contributed by atoms with Crippen LogP contribution in [0.15, 0.2) is 10.7 Å². The molecule has 1 fully saturated rings. The molecule has 1 N–H and O–H groups in total. The maximum Gasteiger partial charge on any atom is 0.0695 e. The lowest BCUT2D eigenvalue weighted by atomic mass is 10.1. The van der Waals surface area contributed by atoms with Crippen molar-refractivity contribution in [1.29, 1.82) is 0 Å². The highest BCUT2D eigenvalue weighted by Crippen LogP contribution is 2.39. The van der Waals surface area contributed by atoms with Crippen LogP contribution in [0.3, 0.4) is 0 Å². The summed E-state index contributed by atoms with van der Waals surface area (Å²) in [6.45, 7) is 6.26. The first-order chi connectivity index (χ1) is 7.76. The molecule has 0 amide bonds. The summed E-state index contributed by atoms with van der Waals surface area (Å²) in [4.78, 5) is 0. The predicted molar refractivity (Wildman–Crippen MR) is 69.4 cm³/mol. The molecule has 1 aliphatic rings. The molecule has 1 aromatic rings. The van der Waals surface area contributed by atoms with Crippen LogP contribution in [0, 0.1) is 5.92 Å². The molecule has 1 aromatic heterocycles. The van der Waals surface area contributed by atoms with Crippen LogP contribution in [0.2, 0.25) is 0 Å². The van der Waals surface area contributed by atoms with Crippen LogP contribution in [-0.4, -0.2) is 16.3 Å². The van der Waals surface area contributed by atoms with Crippen LogP contribution >= 0.6 is 15.9 Å². The summed E-state index contributed by atoms with van der Waals surface area (Å²) in [6.07, 6.45) is 5.97. The van der Waals surface area contributed by atoms with Gasteiger partial charge in [-0.05, 0) is 41.7 Å². The van der Waals surface area contributed by atoms with Gasteiger partial charge in [0.1, 0.15) is 0 Å². The Morgan fingerprint density at radius 1 is 1.56 bits per heavy atom. The van der Waals surface area contributed by atoms with Gasteiger partial charge in [0.15, 0.2) is 0 Å². The SMILES string of the molecule is CCNC(CC1CC1)c1c(Br)cnn1CC. The van der Waals surface area contributed by atoms with E-state index in [-0.39, 0.29) is 0 Å². The molecule has 1 saturated carbocycles. The first kappa shape index (κ1) is 12.1. The fraction of sp³-hybridized carbons (Fsp3) is 0.750. The highest BCUT2D eigenvalue weighted by molar-refractivity contribution is 9.10. The molecule has 1 atom stereocenters. The number of rotatable bonds is 6. The van der Waals surface area contributed by atoms with Crippen LogP contribution in [-0.2, 0) is 6.54 Å². The van der Waals surface area contributed by atoms with Gasteiger partial charge in [0.2, 0.25) is 0 Å². The normalized spacial score (nSPS) is 17.7. The standard InChI is InChI=1S/C12H20BrN3/c1-3-14-11(7-9-5-6-9)12-10(13)8-15-16(12)4-2/h8-9,11,14H,3-7H2,1-2H3. The molecule has 0 bridgehead atoms.